The van der Waals surface area contributed by atoms with E-state index in [2.05, 4.69) is 11.9 Å². The van der Waals surface area contributed by atoms with Crippen molar-refractivity contribution in [2.75, 3.05) is 14.2 Å². The number of nitrogens with one attached hydrogen (secondary N) is 1. The number of methoxy groups -OCH3 is 1. The highest BCUT2D eigenvalue weighted by molar-refractivity contribution is 4.95. The summed E-state index contributed by atoms with van der Waals surface area (Å²) in [5, 5.41) is 3.43. The van der Waals surface area contributed by atoms with Crippen LogP contribution in [0.3, 0.4) is 0 Å². The van der Waals surface area contributed by atoms with Crippen molar-refractivity contribution in [3.63, 3.8) is 0 Å². The normalized spacial score (nSPS) is 22.3. The number of hydrogen-bond acceptors (Lipinski definition) is 2. The molecule has 88 valence electrons. The van der Waals surface area contributed by atoms with E-state index in [0.29, 0.717) is 6.04 Å². The maximum absolute atomic E-state index is 5.83. The molecule has 0 spiro atoms. The summed E-state index contributed by atoms with van der Waals surface area (Å²) in [6.45, 7) is 3.79. The Labute approximate surface area is 94.1 Å². The Morgan fingerprint density at radius 3 is 2.53 bits per heavy atom. The molecule has 1 atom stereocenters. The molecule has 1 rings (SSSR count). The van der Waals surface area contributed by atoms with E-state index >= 15 is 0 Å². The highest BCUT2D eigenvalue weighted by Crippen LogP contribution is 2.35. The van der Waals surface area contributed by atoms with E-state index < -0.39 is 0 Å². The van der Waals surface area contributed by atoms with Crippen LogP contribution in [0.4, 0.5) is 0 Å². The van der Waals surface area contributed by atoms with Crippen LogP contribution in [0.1, 0.15) is 44.9 Å². The molecule has 1 N–H and O–H groups in total. The first-order valence-corrected chi connectivity index (χ1v) is 6.12. The second kappa shape index (κ2) is 6.29. The molecule has 0 aromatic carbocycles. The Morgan fingerprint density at radius 1 is 1.40 bits per heavy atom. The minimum atomic E-state index is 0.0794. The minimum absolute atomic E-state index is 0.0794. The first kappa shape index (κ1) is 12.7. The molecule has 0 aliphatic heterocycles. The molecule has 1 saturated carbocycles. The molecule has 0 saturated heterocycles. The number of allylic oxidation sites excluding steroid dienone is 1. The van der Waals surface area contributed by atoms with Crippen molar-refractivity contribution in [2.45, 2.75) is 56.6 Å². The minimum Gasteiger partial charge on any atom is -0.377 e. The number of ether oxygens (including phenoxy) is 1. The molecule has 0 aromatic rings. The van der Waals surface area contributed by atoms with Crippen LogP contribution < -0.4 is 5.32 Å². The summed E-state index contributed by atoms with van der Waals surface area (Å²) in [4.78, 5) is 0. The van der Waals surface area contributed by atoms with Crippen molar-refractivity contribution in [3.8, 4) is 0 Å². The predicted octanol–water partition coefficient (Wildman–Crippen LogP) is 2.89. The van der Waals surface area contributed by atoms with Gasteiger partial charge in [-0.2, -0.15) is 0 Å². The molecule has 0 heterocycles. The van der Waals surface area contributed by atoms with Crippen molar-refractivity contribution < 1.29 is 4.74 Å². The summed E-state index contributed by atoms with van der Waals surface area (Å²) in [6.07, 6.45) is 10.6. The third-order valence-electron chi connectivity index (χ3n) is 3.75. The van der Waals surface area contributed by atoms with Gasteiger partial charge in [-0.15, -0.1) is 6.58 Å². The van der Waals surface area contributed by atoms with Crippen LogP contribution in [0, 0.1) is 0 Å². The van der Waals surface area contributed by atoms with Gasteiger partial charge in [0.15, 0.2) is 0 Å². The van der Waals surface area contributed by atoms with Gasteiger partial charge in [-0.1, -0.05) is 25.3 Å². The monoisotopic (exact) mass is 211 g/mol. The van der Waals surface area contributed by atoms with Gasteiger partial charge in [0.2, 0.25) is 0 Å². The van der Waals surface area contributed by atoms with Gasteiger partial charge in [0.1, 0.15) is 0 Å². The summed E-state index contributed by atoms with van der Waals surface area (Å²) >= 11 is 0. The molecule has 15 heavy (non-hydrogen) atoms. The van der Waals surface area contributed by atoms with E-state index in [1.807, 2.05) is 20.2 Å². The summed E-state index contributed by atoms with van der Waals surface area (Å²) in [5.41, 5.74) is 0.0794. The molecule has 2 nitrogen and oxygen atoms in total. The first-order chi connectivity index (χ1) is 7.29. The maximum Gasteiger partial charge on any atom is 0.0830 e. The smallest absolute Gasteiger partial charge is 0.0830 e. The summed E-state index contributed by atoms with van der Waals surface area (Å²) < 4.78 is 5.83. The van der Waals surface area contributed by atoms with Crippen LogP contribution >= 0.6 is 0 Å². The van der Waals surface area contributed by atoms with Crippen LogP contribution in [0.25, 0.3) is 0 Å². The van der Waals surface area contributed by atoms with Gasteiger partial charge in [-0.05, 0) is 32.7 Å². The van der Waals surface area contributed by atoms with E-state index in [-0.39, 0.29) is 5.60 Å². The zero-order chi connectivity index (χ0) is 11.1. The van der Waals surface area contributed by atoms with Crippen molar-refractivity contribution in [1.29, 1.82) is 0 Å². The van der Waals surface area contributed by atoms with Crippen molar-refractivity contribution >= 4 is 0 Å². The van der Waals surface area contributed by atoms with E-state index in [1.54, 1.807) is 0 Å². The SMILES string of the molecule is C=CCCC(NC)C1(OC)CCCCC1. The lowest BCUT2D eigenvalue weighted by atomic mass is 9.77. The van der Waals surface area contributed by atoms with Crippen molar-refractivity contribution in [2.24, 2.45) is 0 Å². The van der Waals surface area contributed by atoms with E-state index in [0.717, 1.165) is 12.8 Å². The second-order valence-electron chi connectivity index (χ2n) is 4.54. The summed E-state index contributed by atoms with van der Waals surface area (Å²) in [7, 11) is 3.91. The lowest BCUT2D eigenvalue weighted by Crippen LogP contribution is -2.52. The van der Waals surface area contributed by atoms with Gasteiger partial charge < -0.3 is 10.1 Å². The quantitative estimate of drug-likeness (QED) is 0.682. The molecule has 1 aliphatic carbocycles. The van der Waals surface area contributed by atoms with Crippen LogP contribution in [0.2, 0.25) is 0 Å². The Hall–Kier alpha value is -0.340. The van der Waals surface area contributed by atoms with E-state index in [1.165, 1.54) is 32.1 Å². The fourth-order valence-electron chi connectivity index (χ4n) is 2.80. The number of hydrogen-bond donors (Lipinski definition) is 1. The fourth-order valence-corrected chi connectivity index (χ4v) is 2.80. The second-order valence-corrected chi connectivity index (χ2v) is 4.54. The van der Waals surface area contributed by atoms with Gasteiger partial charge in [-0.3, -0.25) is 0 Å². The van der Waals surface area contributed by atoms with Gasteiger partial charge in [-0.25, -0.2) is 0 Å². The number of likely N-dealkylation sites (N-methyl/N-ethyl adjacent to an activating group) is 1. The molecule has 0 amide bonds. The topological polar surface area (TPSA) is 21.3 Å². The molecular weight excluding hydrogens is 186 g/mol. The van der Waals surface area contributed by atoms with Crippen LogP contribution in [0.5, 0.6) is 0 Å². The lowest BCUT2D eigenvalue weighted by molar-refractivity contribution is -0.0674. The molecule has 1 unspecified atom stereocenters. The largest absolute Gasteiger partial charge is 0.377 e. The van der Waals surface area contributed by atoms with Crippen molar-refractivity contribution in [1.82, 2.24) is 5.32 Å². The highest BCUT2D eigenvalue weighted by Gasteiger charge is 2.38. The maximum atomic E-state index is 5.83. The molecular formula is C13H25NO. The Morgan fingerprint density at radius 2 is 2.07 bits per heavy atom. The summed E-state index contributed by atoms with van der Waals surface area (Å²) in [6, 6.07) is 0.473. The highest BCUT2D eigenvalue weighted by atomic mass is 16.5. The average Bonchev–Trinajstić information content (AvgIpc) is 2.31. The Balaban J connectivity index is 2.62. The zero-order valence-electron chi connectivity index (χ0n) is 10.2. The van der Waals surface area contributed by atoms with Gasteiger partial charge in [0.25, 0.3) is 0 Å². The van der Waals surface area contributed by atoms with Crippen LogP contribution in [0.15, 0.2) is 12.7 Å². The van der Waals surface area contributed by atoms with Gasteiger partial charge in [0.05, 0.1) is 5.60 Å². The predicted molar refractivity (Wildman–Crippen MR) is 65.1 cm³/mol. The molecule has 0 radical (unpaired) electrons. The van der Waals surface area contributed by atoms with Crippen LogP contribution in [-0.4, -0.2) is 25.8 Å². The third-order valence-corrected chi connectivity index (χ3v) is 3.75. The van der Waals surface area contributed by atoms with Gasteiger partial charge >= 0.3 is 0 Å². The Bertz CT molecular complexity index is 185. The standard InChI is InChI=1S/C13H25NO/c1-4-5-9-12(14-2)13(15-3)10-7-6-8-11-13/h4,12,14H,1,5-11H2,2-3H3. The summed E-state index contributed by atoms with van der Waals surface area (Å²) in [5.74, 6) is 0. The fraction of sp³-hybridized carbons (Fsp3) is 0.846. The molecule has 1 aliphatic rings. The van der Waals surface area contributed by atoms with E-state index in [4.69, 9.17) is 4.74 Å². The third kappa shape index (κ3) is 3.05. The van der Waals surface area contributed by atoms with Crippen molar-refractivity contribution in [3.05, 3.63) is 12.7 Å². The number of rotatable bonds is 6. The van der Waals surface area contributed by atoms with E-state index in [9.17, 15) is 0 Å². The molecule has 2 heteroatoms. The molecule has 0 aromatic heterocycles. The average molecular weight is 211 g/mol. The first-order valence-electron chi connectivity index (χ1n) is 6.12. The van der Waals surface area contributed by atoms with Crippen LogP contribution in [-0.2, 0) is 4.74 Å². The molecule has 0 bridgehead atoms. The molecule has 1 fully saturated rings. The zero-order valence-corrected chi connectivity index (χ0v) is 10.2. The lowest BCUT2D eigenvalue weighted by Gasteiger charge is -2.42. The van der Waals surface area contributed by atoms with Gasteiger partial charge in [0, 0.05) is 13.2 Å². The Kier molecular flexibility index (Phi) is 5.34.